The van der Waals surface area contributed by atoms with Crippen LogP contribution in [-0.4, -0.2) is 34.0 Å². The summed E-state index contributed by atoms with van der Waals surface area (Å²) in [5, 5.41) is 10.9. The fourth-order valence-electron chi connectivity index (χ4n) is 2.11. The highest BCUT2D eigenvalue weighted by molar-refractivity contribution is 5.76. The lowest BCUT2D eigenvalue weighted by atomic mass is 10.2. The van der Waals surface area contributed by atoms with E-state index in [1.807, 2.05) is 6.92 Å². The molecule has 0 atom stereocenters. The molecule has 8 heteroatoms. The lowest BCUT2D eigenvalue weighted by molar-refractivity contribution is -0.392. The Labute approximate surface area is 132 Å². The highest BCUT2D eigenvalue weighted by Gasteiger charge is 2.17. The fraction of sp³-hybridized carbons (Fsp3) is 0.333. The zero-order valence-corrected chi connectivity index (χ0v) is 12.9. The van der Waals surface area contributed by atoms with Crippen LogP contribution in [0.4, 0.5) is 5.82 Å². The first-order valence-corrected chi connectivity index (χ1v) is 7.08. The van der Waals surface area contributed by atoms with E-state index in [1.165, 1.54) is 10.8 Å². The standard InChI is InChI=1S/C15H17N3O5/c1-3-22-14-8-12(10-19)4-5-13(14)23-7-6-17-11(2)16-9-15(17)18(20)21/h4-5,8-10H,3,6-7H2,1-2H3. The third-order valence-corrected chi connectivity index (χ3v) is 3.20. The van der Waals surface area contributed by atoms with Gasteiger partial charge in [-0.2, -0.15) is 0 Å². The second-order valence-corrected chi connectivity index (χ2v) is 4.68. The molecule has 122 valence electrons. The second kappa shape index (κ2) is 7.39. The van der Waals surface area contributed by atoms with E-state index in [4.69, 9.17) is 9.47 Å². The van der Waals surface area contributed by atoms with Crippen molar-refractivity contribution in [3.8, 4) is 11.5 Å². The average Bonchev–Trinajstić information content (AvgIpc) is 2.90. The number of aldehydes is 1. The number of carbonyl (C=O) groups excluding carboxylic acids is 1. The number of hydrogen-bond acceptors (Lipinski definition) is 6. The topological polar surface area (TPSA) is 96.5 Å². The molecule has 1 aromatic carbocycles. The van der Waals surface area contributed by atoms with Gasteiger partial charge in [0, 0.05) is 12.5 Å². The second-order valence-electron chi connectivity index (χ2n) is 4.68. The van der Waals surface area contributed by atoms with Crippen molar-refractivity contribution < 1.29 is 19.2 Å². The molecule has 0 amide bonds. The van der Waals surface area contributed by atoms with E-state index < -0.39 is 4.92 Å². The Bertz CT molecular complexity index is 711. The van der Waals surface area contributed by atoms with Crippen molar-refractivity contribution in [1.29, 1.82) is 0 Å². The monoisotopic (exact) mass is 319 g/mol. The Morgan fingerprint density at radius 1 is 1.35 bits per heavy atom. The first kappa shape index (κ1) is 16.5. The van der Waals surface area contributed by atoms with Crippen LogP contribution in [0.15, 0.2) is 24.4 Å². The van der Waals surface area contributed by atoms with Gasteiger partial charge in [-0.05, 0) is 30.0 Å². The highest BCUT2D eigenvalue weighted by atomic mass is 16.6. The zero-order chi connectivity index (χ0) is 16.8. The van der Waals surface area contributed by atoms with Crippen LogP contribution in [-0.2, 0) is 6.54 Å². The SMILES string of the molecule is CCOc1cc(C=O)ccc1OCCn1c([N+](=O)[O-])cnc1C. The summed E-state index contributed by atoms with van der Waals surface area (Å²) in [4.78, 5) is 25.2. The van der Waals surface area contributed by atoms with Crippen molar-refractivity contribution in [2.24, 2.45) is 0 Å². The number of nitrogens with zero attached hydrogens (tertiary/aromatic N) is 3. The summed E-state index contributed by atoms with van der Waals surface area (Å²) in [7, 11) is 0. The first-order valence-electron chi connectivity index (χ1n) is 7.08. The van der Waals surface area contributed by atoms with Gasteiger partial charge in [-0.25, -0.2) is 9.55 Å². The number of hydrogen-bond donors (Lipinski definition) is 0. The van der Waals surface area contributed by atoms with Gasteiger partial charge in [-0.15, -0.1) is 0 Å². The number of rotatable bonds is 8. The molecule has 0 aliphatic carbocycles. The molecule has 0 bridgehead atoms. The number of imidazole rings is 1. The molecule has 1 aromatic heterocycles. The number of aromatic nitrogens is 2. The van der Waals surface area contributed by atoms with Crippen LogP contribution in [0, 0.1) is 17.0 Å². The quantitative estimate of drug-likeness (QED) is 0.421. The molecule has 0 radical (unpaired) electrons. The van der Waals surface area contributed by atoms with Crippen molar-refractivity contribution >= 4 is 12.1 Å². The number of ether oxygens (including phenoxy) is 2. The molecule has 1 heterocycles. The summed E-state index contributed by atoms with van der Waals surface area (Å²) in [6, 6.07) is 4.86. The molecule has 0 N–H and O–H groups in total. The molecule has 0 saturated carbocycles. The molecule has 0 saturated heterocycles. The van der Waals surface area contributed by atoms with E-state index >= 15 is 0 Å². The lowest BCUT2D eigenvalue weighted by Crippen LogP contribution is -2.12. The minimum Gasteiger partial charge on any atom is -0.490 e. The Morgan fingerprint density at radius 3 is 2.78 bits per heavy atom. The summed E-state index contributed by atoms with van der Waals surface area (Å²) in [5.74, 6) is 1.42. The predicted molar refractivity (Wildman–Crippen MR) is 82.1 cm³/mol. The summed E-state index contributed by atoms with van der Waals surface area (Å²) in [6.07, 6.45) is 1.95. The lowest BCUT2D eigenvalue weighted by Gasteiger charge is -2.12. The van der Waals surface area contributed by atoms with Crippen LogP contribution >= 0.6 is 0 Å². The molecular formula is C15H17N3O5. The highest BCUT2D eigenvalue weighted by Crippen LogP contribution is 2.28. The molecule has 8 nitrogen and oxygen atoms in total. The van der Waals surface area contributed by atoms with Crippen molar-refractivity contribution in [1.82, 2.24) is 9.55 Å². The van der Waals surface area contributed by atoms with Gasteiger partial charge >= 0.3 is 5.82 Å². The Hall–Kier alpha value is -2.90. The van der Waals surface area contributed by atoms with Crippen LogP contribution in [0.1, 0.15) is 23.1 Å². The van der Waals surface area contributed by atoms with Gasteiger partial charge in [0.1, 0.15) is 25.6 Å². The Morgan fingerprint density at radius 2 is 2.13 bits per heavy atom. The van der Waals surface area contributed by atoms with Gasteiger partial charge in [-0.3, -0.25) is 4.79 Å². The van der Waals surface area contributed by atoms with E-state index in [9.17, 15) is 14.9 Å². The molecule has 0 unspecified atom stereocenters. The van der Waals surface area contributed by atoms with Crippen molar-refractivity contribution in [2.45, 2.75) is 20.4 Å². The van der Waals surface area contributed by atoms with Gasteiger partial charge in [0.25, 0.3) is 0 Å². The van der Waals surface area contributed by atoms with E-state index in [-0.39, 0.29) is 19.0 Å². The summed E-state index contributed by atoms with van der Waals surface area (Å²) in [5.41, 5.74) is 0.488. The zero-order valence-electron chi connectivity index (χ0n) is 12.9. The number of benzene rings is 1. The molecule has 0 aliphatic heterocycles. The third kappa shape index (κ3) is 3.85. The van der Waals surface area contributed by atoms with Gasteiger partial charge in [0.05, 0.1) is 6.61 Å². The molecule has 0 aliphatic rings. The van der Waals surface area contributed by atoms with Crippen molar-refractivity contribution in [2.75, 3.05) is 13.2 Å². The minimum atomic E-state index is -0.482. The smallest absolute Gasteiger partial charge is 0.342 e. The fourth-order valence-corrected chi connectivity index (χ4v) is 2.11. The van der Waals surface area contributed by atoms with Crippen LogP contribution in [0.3, 0.4) is 0 Å². The normalized spacial score (nSPS) is 10.3. The number of nitro groups is 1. The molecular weight excluding hydrogens is 302 g/mol. The van der Waals surface area contributed by atoms with Crippen LogP contribution in [0.25, 0.3) is 0 Å². The van der Waals surface area contributed by atoms with Crippen LogP contribution in [0.2, 0.25) is 0 Å². The van der Waals surface area contributed by atoms with Crippen LogP contribution < -0.4 is 9.47 Å². The van der Waals surface area contributed by atoms with Gasteiger partial charge in [0.2, 0.25) is 0 Å². The van der Waals surface area contributed by atoms with Crippen molar-refractivity contribution in [3.63, 3.8) is 0 Å². The molecule has 0 spiro atoms. The van der Waals surface area contributed by atoms with E-state index in [2.05, 4.69) is 4.98 Å². The van der Waals surface area contributed by atoms with Gasteiger partial charge in [-0.1, -0.05) is 0 Å². The molecule has 2 rings (SSSR count). The van der Waals surface area contributed by atoms with E-state index in [0.29, 0.717) is 29.5 Å². The van der Waals surface area contributed by atoms with E-state index in [1.54, 1.807) is 25.1 Å². The Kier molecular flexibility index (Phi) is 5.29. The maximum Gasteiger partial charge on any atom is 0.342 e. The summed E-state index contributed by atoms with van der Waals surface area (Å²) >= 11 is 0. The minimum absolute atomic E-state index is 0.0764. The van der Waals surface area contributed by atoms with Crippen molar-refractivity contribution in [3.05, 3.63) is 45.9 Å². The maximum atomic E-state index is 10.9. The molecule has 23 heavy (non-hydrogen) atoms. The maximum absolute atomic E-state index is 10.9. The van der Waals surface area contributed by atoms with Gasteiger partial charge < -0.3 is 19.6 Å². The average molecular weight is 319 g/mol. The first-order chi connectivity index (χ1) is 11.1. The van der Waals surface area contributed by atoms with Crippen LogP contribution in [0.5, 0.6) is 11.5 Å². The summed E-state index contributed by atoms with van der Waals surface area (Å²) < 4.78 is 12.6. The molecule has 2 aromatic rings. The largest absolute Gasteiger partial charge is 0.490 e. The number of carbonyl (C=O) groups is 1. The van der Waals surface area contributed by atoms with Gasteiger partial charge in [0.15, 0.2) is 17.3 Å². The third-order valence-electron chi connectivity index (χ3n) is 3.20. The van der Waals surface area contributed by atoms with E-state index in [0.717, 1.165) is 6.29 Å². The summed E-state index contributed by atoms with van der Waals surface area (Å²) in [6.45, 7) is 4.44. The molecule has 0 fully saturated rings. The predicted octanol–water partition coefficient (Wildman–Crippen LogP) is 2.39. The number of aryl methyl sites for hydroxylation is 1. The Balaban J connectivity index is 2.08.